The molecule has 108 valence electrons. The number of hydrogen-bond acceptors (Lipinski definition) is 3. The highest BCUT2D eigenvalue weighted by Crippen LogP contribution is 2.26. The molecule has 0 unspecified atom stereocenters. The standard InChI is InChI=1S/C15H20FN3O/c16-13-10-17-6-5-14(13)19-9-3-4-12(11-19)15(20)18-7-1-2-8-18/h5-6,10,12H,1-4,7-9,11H2/t12-/m0/s1. The van der Waals surface area contributed by atoms with E-state index in [4.69, 9.17) is 0 Å². The van der Waals surface area contributed by atoms with Gasteiger partial charge in [-0.15, -0.1) is 0 Å². The second-order valence-corrected chi connectivity index (χ2v) is 5.64. The van der Waals surface area contributed by atoms with Crippen LogP contribution in [0.15, 0.2) is 18.5 Å². The molecule has 2 aliphatic rings. The number of pyridine rings is 1. The van der Waals surface area contributed by atoms with Gasteiger partial charge in [0.05, 0.1) is 17.8 Å². The monoisotopic (exact) mass is 277 g/mol. The molecule has 1 aromatic heterocycles. The highest BCUT2D eigenvalue weighted by atomic mass is 19.1. The Morgan fingerprint density at radius 1 is 1.25 bits per heavy atom. The van der Waals surface area contributed by atoms with E-state index in [2.05, 4.69) is 4.98 Å². The Morgan fingerprint density at radius 3 is 2.80 bits per heavy atom. The van der Waals surface area contributed by atoms with Crippen molar-refractivity contribution in [1.29, 1.82) is 0 Å². The largest absolute Gasteiger partial charge is 0.368 e. The summed E-state index contributed by atoms with van der Waals surface area (Å²) in [6.07, 6.45) is 6.92. The van der Waals surface area contributed by atoms with Crippen molar-refractivity contribution in [2.45, 2.75) is 25.7 Å². The summed E-state index contributed by atoms with van der Waals surface area (Å²) in [5, 5.41) is 0. The topological polar surface area (TPSA) is 36.4 Å². The second-order valence-electron chi connectivity index (χ2n) is 5.64. The average Bonchev–Trinajstić information content (AvgIpc) is 3.01. The van der Waals surface area contributed by atoms with Crippen molar-refractivity contribution in [3.05, 3.63) is 24.3 Å². The summed E-state index contributed by atoms with van der Waals surface area (Å²) >= 11 is 0. The molecule has 0 aromatic carbocycles. The molecule has 1 amide bonds. The zero-order chi connectivity index (χ0) is 13.9. The predicted octanol–water partition coefficient (Wildman–Crippen LogP) is 2.06. The molecule has 1 atom stereocenters. The van der Waals surface area contributed by atoms with Gasteiger partial charge in [-0.1, -0.05) is 0 Å². The van der Waals surface area contributed by atoms with Gasteiger partial charge in [0, 0.05) is 32.4 Å². The van der Waals surface area contributed by atoms with Gasteiger partial charge in [0.2, 0.25) is 5.91 Å². The SMILES string of the molecule is O=C([C@H]1CCCN(c2ccncc2F)C1)N1CCCC1. The number of nitrogens with zero attached hydrogens (tertiary/aromatic N) is 3. The Bertz CT molecular complexity index is 488. The normalized spacial score (nSPS) is 23.1. The number of piperidine rings is 1. The van der Waals surface area contributed by atoms with Crippen molar-refractivity contribution >= 4 is 11.6 Å². The minimum atomic E-state index is -0.304. The molecule has 1 aromatic rings. The highest BCUT2D eigenvalue weighted by Gasteiger charge is 2.31. The number of halogens is 1. The molecule has 3 rings (SSSR count). The van der Waals surface area contributed by atoms with E-state index in [0.29, 0.717) is 12.2 Å². The van der Waals surface area contributed by atoms with E-state index in [1.807, 2.05) is 9.80 Å². The van der Waals surface area contributed by atoms with Gasteiger partial charge in [-0.2, -0.15) is 0 Å². The van der Waals surface area contributed by atoms with Crippen LogP contribution in [0.25, 0.3) is 0 Å². The van der Waals surface area contributed by atoms with Gasteiger partial charge in [-0.05, 0) is 31.7 Å². The third-order valence-corrected chi connectivity index (χ3v) is 4.28. The molecule has 5 heteroatoms. The average molecular weight is 277 g/mol. The van der Waals surface area contributed by atoms with E-state index in [1.54, 1.807) is 12.3 Å². The van der Waals surface area contributed by atoms with Gasteiger partial charge < -0.3 is 9.80 Å². The number of aromatic nitrogens is 1. The number of amides is 1. The van der Waals surface area contributed by atoms with Crippen LogP contribution >= 0.6 is 0 Å². The van der Waals surface area contributed by atoms with Crippen molar-refractivity contribution in [2.24, 2.45) is 5.92 Å². The lowest BCUT2D eigenvalue weighted by atomic mass is 9.96. The molecule has 0 aliphatic carbocycles. The van der Waals surface area contributed by atoms with Gasteiger partial charge in [0.15, 0.2) is 5.82 Å². The summed E-state index contributed by atoms with van der Waals surface area (Å²) in [6, 6.07) is 1.69. The molecule has 2 saturated heterocycles. The van der Waals surface area contributed by atoms with Crippen LogP contribution in [-0.4, -0.2) is 42.0 Å². The van der Waals surface area contributed by atoms with Crippen LogP contribution in [0.2, 0.25) is 0 Å². The first-order valence-electron chi connectivity index (χ1n) is 7.39. The minimum Gasteiger partial charge on any atom is -0.368 e. The van der Waals surface area contributed by atoms with E-state index in [-0.39, 0.29) is 17.6 Å². The minimum absolute atomic E-state index is 0.00872. The van der Waals surface area contributed by atoms with Crippen LogP contribution < -0.4 is 4.90 Å². The molecule has 0 bridgehead atoms. The maximum atomic E-state index is 13.8. The Morgan fingerprint density at radius 2 is 2.05 bits per heavy atom. The molecule has 2 fully saturated rings. The molecule has 20 heavy (non-hydrogen) atoms. The molecule has 0 saturated carbocycles. The highest BCUT2D eigenvalue weighted by molar-refractivity contribution is 5.80. The molecule has 4 nitrogen and oxygen atoms in total. The summed E-state index contributed by atoms with van der Waals surface area (Å²) in [6.45, 7) is 3.21. The van der Waals surface area contributed by atoms with Gasteiger partial charge in [0.1, 0.15) is 0 Å². The third kappa shape index (κ3) is 2.62. The quantitative estimate of drug-likeness (QED) is 0.830. The summed E-state index contributed by atoms with van der Waals surface area (Å²) in [5.41, 5.74) is 0.568. The number of rotatable bonds is 2. The van der Waals surface area contributed by atoms with E-state index in [0.717, 1.165) is 45.3 Å². The molecule has 2 aliphatic heterocycles. The fourth-order valence-corrected chi connectivity index (χ4v) is 3.22. The third-order valence-electron chi connectivity index (χ3n) is 4.28. The van der Waals surface area contributed by atoms with Crippen molar-refractivity contribution < 1.29 is 9.18 Å². The smallest absolute Gasteiger partial charge is 0.227 e. The van der Waals surface area contributed by atoms with E-state index >= 15 is 0 Å². The van der Waals surface area contributed by atoms with Crippen LogP contribution in [0.1, 0.15) is 25.7 Å². The Hall–Kier alpha value is -1.65. The van der Waals surface area contributed by atoms with E-state index in [9.17, 15) is 9.18 Å². The van der Waals surface area contributed by atoms with Gasteiger partial charge in [-0.3, -0.25) is 9.78 Å². The van der Waals surface area contributed by atoms with E-state index < -0.39 is 0 Å². The maximum Gasteiger partial charge on any atom is 0.227 e. The van der Waals surface area contributed by atoms with Crippen molar-refractivity contribution in [3.63, 3.8) is 0 Å². The number of likely N-dealkylation sites (tertiary alicyclic amines) is 1. The Balaban J connectivity index is 1.70. The number of carbonyl (C=O) groups excluding carboxylic acids is 1. The first-order chi connectivity index (χ1) is 9.75. The van der Waals surface area contributed by atoms with Gasteiger partial charge >= 0.3 is 0 Å². The van der Waals surface area contributed by atoms with Crippen molar-refractivity contribution in [3.8, 4) is 0 Å². The number of carbonyl (C=O) groups is 1. The van der Waals surface area contributed by atoms with Crippen LogP contribution in [0.3, 0.4) is 0 Å². The lowest BCUT2D eigenvalue weighted by Gasteiger charge is -2.35. The summed E-state index contributed by atoms with van der Waals surface area (Å²) < 4.78 is 13.8. The van der Waals surface area contributed by atoms with E-state index in [1.165, 1.54) is 6.20 Å². The summed E-state index contributed by atoms with van der Waals surface area (Å²) in [5.74, 6) is -0.0437. The molecular weight excluding hydrogens is 257 g/mol. The zero-order valence-electron chi connectivity index (χ0n) is 11.6. The first kappa shape index (κ1) is 13.3. The lowest BCUT2D eigenvalue weighted by Crippen LogP contribution is -2.44. The van der Waals surface area contributed by atoms with Gasteiger partial charge in [0.25, 0.3) is 0 Å². The summed E-state index contributed by atoms with van der Waals surface area (Å²) in [7, 11) is 0. The number of anilines is 1. The summed E-state index contributed by atoms with van der Waals surface area (Å²) in [4.78, 5) is 20.2. The molecule has 0 spiro atoms. The van der Waals surface area contributed by atoms with Crippen LogP contribution in [0.4, 0.5) is 10.1 Å². The second kappa shape index (κ2) is 5.77. The van der Waals surface area contributed by atoms with Gasteiger partial charge in [-0.25, -0.2) is 4.39 Å². The maximum absolute atomic E-state index is 13.8. The van der Waals surface area contributed by atoms with Crippen LogP contribution in [0.5, 0.6) is 0 Å². The number of hydrogen-bond donors (Lipinski definition) is 0. The van der Waals surface area contributed by atoms with Crippen molar-refractivity contribution in [2.75, 3.05) is 31.1 Å². The fourth-order valence-electron chi connectivity index (χ4n) is 3.22. The first-order valence-corrected chi connectivity index (χ1v) is 7.39. The lowest BCUT2D eigenvalue weighted by molar-refractivity contribution is -0.134. The van der Waals surface area contributed by atoms with Crippen molar-refractivity contribution in [1.82, 2.24) is 9.88 Å². The molecule has 0 radical (unpaired) electrons. The predicted molar refractivity (Wildman–Crippen MR) is 74.9 cm³/mol. The zero-order valence-corrected chi connectivity index (χ0v) is 11.6. The molecule has 3 heterocycles. The Labute approximate surface area is 118 Å². The molecular formula is C15H20FN3O. The Kier molecular flexibility index (Phi) is 3.85. The fraction of sp³-hybridized carbons (Fsp3) is 0.600. The van der Waals surface area contributed by atoms with Crippen LogP contribution in [0, 0.1) is 11.7 Å². The molecule has 0 N–H and O–H groups in total. The van der Waals surface area contributed by atoms with Crippen LogP contribution in [-0.2, 0) is 4.79 Å².